The predicted molar refractivity (Wildman–Crippen MR) is 114 cm³/mol. The Hall–Kier alpha value is -4.31. The molecule has 0 saturated heterocycles. The zero-order chi connectivity index (χ0) is 21.1. The van der Waals surface area contributed by atoms with Gasteiger partial charge in [0.1, 0.15) is 5.82 Å². The number of hydrogen-bond donors (Lipinski definition) is 1. The highest BCUT2D eigenvalue weighted by Gasteiger charge is 2.18. The lowest BCUT2D eigenvalue weighted by molar-refractivity contribution is -0.384. The molecule has 146 valence electrons. The summed E-state index contributed by atoms with van der Waals surface area (Å²) < 4.78 is 0. The van der Waals surface area contributed by atoms with Crippen molar-refractivity contribution in [3.8, 4) is 6.07 Å². The standard InChI is InChI=1S/C23H17N5O2/c1-15-5-4-6-16(11-15)23(21-7-2-3-10-25-21)27-22-12-17(14-24)19-13-18(28(29)30)8-9-20(19)26-22/h2-13,23H,1H3,(H,26,27). The van der Waals surface area contributed by atoms with Crippen LogP contribution in [0.2, 0.25) is 0 Å². The van der Waals surface area contributed by atoms with Crippen LogP contribution in [0.1, 0.15) is 28.4 Å². The summed E-state index contributed by atoms with van der Waals surface area (Å²) in [5, 5.41) is 24.5. The van der Waals surface area contributed by atoms with E-state index in [0.29, 0.717) is 22.3 Å². The van der Waals surface area contributed by atoms with E-state index in [9.17, 15) is 15.4 Å². The minimum Gasteiger partial charge on any atom is -0.358 e. The molecule has 1 N–H and O–H groups in total. The second-order valence-electron chi connectivity index (χ2n) is 6.87. The number of non-ortho nitro benzene ring substituents is 1. The number of nitrogens with one attached hydrogen (secondary N) is 1. The molecule has 0 aliphatic rings. The lowest BCUT2D eigenvalue weighted by atomic mass is 10.0. The molecule has 0 amide bonds. The Labute approximate surface area is 172 Å². The molecule has 2 aromatic carbocycles. The first-order chi connectivity index (χ1) is 14.5. The zero-order valence-electron chi connectivity index (χ0n) is 16.1. The van der Waals surface area contributed by atoms with Gasteiger partial charge in [-0.15, -0.1) is 0 Å². The smallest absolute Gasteiger partial charge is 0.270 e. The Bertz CT molecular complexity index is 1280. The zero-order valence-corrected chi connectivity index (χ0v) is 16.1. The fourth-order valence-corrected chi connectivity index (χ4v) is 3.37. The van der Waals surface area contributed by atoms with Crippen LogP contribution in [-0.4, -0.2) is 14.9 Å². The van der Waals surface area contributed by atoms with Gasteiger partial charge in [-0.2, -0.15) is 5.26 Å². The second-order valence-corrected chi connectivity index (χ2v) is 6.87. The Morgan fingerprint density at radius 1 is 1.10 bits per heavy atom. The number of nitriles is 1. The fraction of sp³-hybridized carbons (Fsp3) is 0.0870. The van der Waals surface area contributed by atoms with E-state index in [1.54, 1.807) is 18.3 Å². The van der Waals surface area contributed by atoms with E-state index < -0.39 is 4.92 Å². The number of benzene rings is 2. The number of pyridine rings is 2. The summed E-state index contributed by atoms with van der Waals surface area (Å²) in [6.07, 6.45) is 1.73. The normalized spacial score (nSPS) is 11.6. The Kier molecular flexibility index (Phi) is 5.06. The topological polar surface area (TPSA) is 105 Å². The number of aromatic nitrogens is 2. The number of anilines is 1. The summed E-state index contributed by atoms with van der Waals surface area (Å²) in [5.74, 6) is 0.491. The van der Waals surface area contributed by atoms with Crippen LogP contribution in [-0.2, 0) is 0 Å². The van der Waals surface area contributed by atoms with E-state index in [-0.39, 0.29) is 11.7 Å². The molecule has 0 radical (unpaired) electrons. The maximum absolute atomic E-state index is 11.1. The molecule has 7 heteroatoms. The number of aryl methyl sites for hydroxylation is 1. The highest BCUT2D eigenvalue weighted by Crippen LogP contribution is 2.29. The fourth-order valence-electron chi connectivity index (χ4n) is 3.37. The molecule has 1 atom stereocenters. The number of rotatable bonds is 5. The molecule has 0 saturated carbocycles. The molecule has 0 fully saturated rings. The summed E-state index contributed by atoms with van der Waals surface area (Å²) >= 11 is 0. The molecule has 0 aliphatic carbocycles. The SMILES string of the molecule is Cc1cccc(C(Nc2cc(C#N)c3cc([N+](=O)[O-])ccc3n2)c2ccccn2)c1. The van der Waals surface area contributed by atoms with Crippen LogP contribution in [0.4, 0.5) is 11.5 Å². The largest absolute Gasteiger partial charge is 0.358 e. The maximum atomic E-state index is 11.1. The van der Waals surface area contributed by atoms with Crippen LogP contribution in [0.3, 0.4) is 0 Å². The third kappa shape index (κ3) is 3.80. The molecule has 4 rings (SSSR count). The average Bonchev–Trinajstić information content (AvgIpc) is 2.77. The second kappa shape index (κ2) is 7.97. The van der Waals surface area contributed by atoms with Crippen LogP contribution in [0.5, 0.6) is 0 Å². The predicted octanol–water partition coefficient (Wildman–Crippen LogP) is 4.92. The summed E-state index contributed by atoms with van der Waals surface area (Å²) in [4.78, 5) is 19.7. The van der Waals surface area contributed by atoms with Crippen LogP contribution in [0, 0.1) is 28.4 Å². The molecule has 0 spiro atoms. The van der Waals surface area contributed by atoms with Crippen molar-refractivity contribution < 1.29 is 4.92 Å². The van der Waals surface area contributed by atoms with Gasteiger partial charge in [0.15, 0.2) is 0 Å². The van der Waals surface area contributed by atoms with Gasteiger partial charge in [0.05, 0.1) is 33.8 Å². The number of nitrogens with zero attached hydrogens (tertiary/aromatic N) is 4. The molecular weight excluding hydrogens is 378 g/mol. The van der Waals surface area contributed by atoms with Gasteiger partial charge >= 0.3 is 0 Å². The third-order valence-electron chi connectivity index (χ3n) is 4.77. The van der Waals surface area contributed by atoms with E-state index in [2.05, 4.69) is 27.4 Å². The van der Waals surface area contributed by atoms with Gasteiger partial charge in [-0.05, 0) is 36.8 Å². The first-order valence-electron chi connectivity index (χ1n) is 9.28. The van der Waals surface area contributed by atoms with Crippen molar-refractivity contribution in [2.45, 2.75) is 13.0 Å². The first kappa shape index (κ1) is 19.0. The van der Waals surface area contributed by atoms with Crippen LogP contribution < -0.4 is 5.32 Å². The van der Waals surface area contributed by atoms with Crippen LogP contribution in [0.15, 0.2) is 72.9 Å². The van der Waals surface area contributed by atoms with E-state index in [1.165, 1.54) is 12.1 Å². The molecule has 2 heterocycles. The number of hydrogen-bond acceptors (Lipinski definition) is 6. The van der Waals surface area contributed by atoms with Gasteiger partial charge in [-0.1, -0.05) is 35.9 Å². The van der Waals surface area contributed by atoms with Gasteiger partial charge in [0, 0.05) is 23.7 Å². The molecule has 2 aromatic heterocycles. The lowest BCUT2D eigenvalue weighted by Gasteiger charge is -2.20. The molecule has 4 aromatic rings. The van der Waals surface area contributed by atoms with E-state index in [0.717, 1.165) is 16.8 Å². The van der Waals surface area contributed by atoms with Crippen molar-refractivity contribution in [2.75, 3.05) is 5.32 Å². The number of nitro groups is 1. The van der Waals surface area contributed by atoms with Crippen molar-refractivity contribution in [2.24, 2.45) is 0 Å². The molecule has 0 bridgehead atoms. The quantitative estimate of drug-likeness (QED) is 0.380. The van der Waals surface area contributed by atoms with E-state index >= 15 is 0 Å². The first-order valence-corrected chi connectivity index (χ1v) is 9.28. The van der Waals surface area contributed by atoms with Gasteiger partial charge in [0.25, 0.3) is 5.69 Å². The van der Waals surface area contributed by atoms with Gasteiger partial charge in [-0.3, -0.25) is 15.1 Å². The Balaban J connectivity index is 1.80. The van der Waals surface area contributed by atoms with Crippen molar-refractivity contribution in [3.05, 3.63) is 105 Å². The summed E-state index contributed by atoms with van der Waals surface area (Å²) in [6.45, 7) is 2.02. The van der Waals surface area contributed by atoms with E-state index in [4.69, 9.17) is 0 Å². The average molecular weight is 395 g/mol. The summed E-state index contributed by atoms with van der Waals surface area (Å²) in [7, 11) is 0. The summed E-state index contributed by atoms with van der Waals surface area (Å²) in [6, 6.07) is 21.6. The molecule has 7 nitrogen and oxygen atoms in total. The molecular formula is C23H17N5O2. The van der Waals surface area contributed by atoms with Gasteiger partial charge in [0.2, 0.25) is 0 Å². The molecule has 30 heavy (non-hydrogen) atoms. The number of nitro benzene ring substituents is 1. The summed E-state index contributed by atoms with van der Waals surface area (Å²) in [5.41, 5.74) is 3.69. The minimum atomic E-state index is -0.485. The molecule has 1 unspecified atom stereocenters. The highest BCUT2D eigenvalue weighted by atomic mass is 16.6. The number of fused-ring (bicyclic) bond motifs is 1. The van der Waals surface area contributed by atoms with Gasteiger partial charge in [-0.25, -0.2) is 4.98 Å². The third-order valence-corrected chi connectivity index (χ3v) is 4.77. The lowest BCUT2D eigenvalue weighted by Crippen LogP contribution is -2.15. The Morgan fingerprint density at radius 3 is 2.67 bits per heavy atom. The van der Waals surface area contributed by atoms with Crippen molar-refractivity contribution in [3.63, 3.8) is 0 Å². The highest BCUT2D eigenvalue weighted by molar-refractivity contribution is 5.88. The van der Waals surface area contributed by atoms with Crippen LogP contribution in [0.25, 0.3) is 10.9 Å². The minimum absolute atomic E-state index is 0.0763. The monoisotopic (exact) mass is 395 g/mol. The van der Waals surface area contributed by atoms with Crippen LogP contribution >= 0.6 is 0 Å². The Morgan fingerprint density at radius 2 is 1.97 bits per heavy atom. The van der Waals surface area contributed by atoms with E-state index in [1.807, 2.05) is 43.3 Å². The van der Waals surface area contributed by atoms with Gasteiger partial charge < -0.3 is 5.32 Å². The van der Waals surface area contributed by atoms with Crippen molar-refractivity contribution in [1.82, 2.24) is 9.97 Å². The van der Waals surface area contributed by atoms with Crippen molar-refractivity contribution >= 4 is 22.4 Å². The van der Waals surface area contributed by atoms with Crippen molar-refractivity contribution in [1.29, 1.82) is 5.26 Å². The molecule has 0 aliphatic heterocycles. The maximum Gasteiger partial charge on any atom is 0.270 e.